The number of rotatable bonds is 5. The highest BCUT2D eigenvalue weighted by atomic mass is 35.5. The fourth-order valence-electron chi connectivity index (χ4n) is 2.64. The molecule has 0 aliphatic rings. The van der Waals surface area contributed by atoms with E-state index < -0.39 is 0 Å². The van der Waals surface area contributed by atoms with Crippen LogP contribution < -0.4 is 15.4 Å². The monoisotopic (exact) mass is 417 g/mol. The number of hydrogen-bond acceptors (Lipinski definition) is 5. The van der Waals surface area contributed by atoms with Crippen molar-refractivity contribution in [2.45, 2.75) is 20.3 Å². The van der Waals surface area contributed by atoms with Gasteiger partial charge in [0.2, 0.25) is 11.8 Å². The highest BCUT2D eigenvalue weighted by Crippen LogP contribution is 2.32. The zero-order valence-electron chi connectivity index (χ0n) is 15.7. The van der Waals surface area contributed by atoms with E-state index in [0.717, 1.165) is 5.56 Å². The first-order valence-electron chi connectivity index (χ1n) is 8.71. The molecular formula is C20H20ClN3O3S. The predicted molar refractivity (Wildman–Crippen MR) is 115 cm³/mol. The molecule has 0 saturated carbocycles. The van der Waals surface area contributed by atoms with Crippen LogP contribution in [-0.2, 0) is 4.79 Å². The van der Waals surface area contributed by atoms with Gasteiger partial charge in [0.1, 0.15) is 11.3 Å². The molecule has 0 bridgehead atoms. The average Bonchev–Trinajstić information content (AvgIpc) is 3.04. The van der Waals surface area contributed by atoms with E-state index in [1.165, 1.54) is 0 Å². The quantitative estimate of drug-likeness (QED) is 0.568. The van der Waals surface area contributed by atoms with Gasteiger partial charge in [0.05, 0.1) is 12.1 Å². The zero-order valence-corrected chi connectivity index (χ0v) is 17.3. The number of carbonyl (C=O) groups is 1. The van der Waals surface area contributed by atoms with Crippen LogP contribution in [-0.4, -0.2) is 23.1 Å². The van der Waals surface area contributed by atoms with Gasteiger partial charge >= 0.3 is 0 Å². The van der Waals surface area contributed by atoms with Gasteiger partial charge in [0.15, 0.2) is 10.7 Å². The summed E-state index contributed by atoms with van der Waals surface area (Å²) in [5.74, 6) is 1.18. The van der Waals surface area contributed by atoms with Gasteiger partial charge in [-0.25, -0.2) is 4.98 Å². The second-order valence-corrected chi connectivity index (χ2v) is 7.47. The van der Waals surface area contributed by atoms with Crippen LogP contribution in [0.3, 0.4) is 0 Å². The third kappa shape index (κ3) is 4.79. The van der Waals surface area contributed by atoms with Crippen molar-refractivity contribution in [3.05, 3.63) is 41.4 Å². The van der Waals surface area contributed by atoms with Crippen molar-refractivity contribution in [3.63, 3.8) is 0 Å². The first-order chi connectivity index (χ1) is 13.4. The predicted octanol–water partition coefficient (Wildman–Crippen LogP) is 5.02. The number of oxazole rings is 1. The smallest absolute Gasteiger partial charge is 0.227 e. The number of nitrogens with one attached hydrogen (secondary N) is 2. The van der Waals surface area contributed by atoms with E-state index >= 15 is 0 Å². The molecule has 0 spiro atoms. The summed E-state index contributed by atoms with van der Waals surface area (Å²) in [5.41, 5.74) is 2.73. The summed E-state index contributed by atoms with van der Waals surface area (Å²) < 4.78 is 11.0. The maximum absolute atomic E-state index is 11.8. The van der Waals surface area contributed by atoms with E-state index in [4.69, 9.17) is 33.0 Å². The lowest BCUT2D eigenvalue weighted by Crippen LogP contribution is -2.34. The molecule has 0 fully saturated rings. The molecule has 1 heterocycles. The molecule has 28 heavy (non-hydrogen) atoms. The maximum Gasteiger partial charge on any atom is 0.227 e. The molecule has 0 aliphatic carbocycles. The van der Waals surface area contributed by atoms with Gasteiger partial charge < -0.3 is 19.8 Å². The maximum atomic E-state index is 11.8. The number of anilines is 1. The molecule has 0 radical (unpaired) electrons. The first kappa shape index (κ1) is 20.1. The van der Waals surface area contributed by atoms with Crippen LogP contribution in [0.2, 0.25) is 5.02 Å². The van der Waals surface area contributed by atoms with Crippen LogP contribution >= 0.6 is 23.8 Å². The number of carbonyl (C=O) groups excluding carboxylic acids is 1. The second kappa shape index (κ2) is 8.58. The van der Waals surface area contributed by atoms with Crippen molar-refractivity contribution in [3.8, 4) is 17.2 Å². The Morgan fingerprint density at radius 1 is 1.29 bits per heavy atom. The SMILES string of the molecule is COc1ccc(-c2nc3cc(NC(=S)NC(=O)CC(C)C)ccc3o2)cc1Cl. The van der Waals surface area contributed by atoms with Crippen molar-refractivity contribution in [1.29, 1.82) is 0 Å². The Morgan fingerprint density at radius 3 is 2.75 bits per heavy atom. The van der Waals surface area contributed by atoms with E-state index in [0.29, 0.717) is 39.9 Å². The van der Waals surface area contributed by atoms with Crippen LogP contribution in [0.25, 0.3) is 22.6 Å². The first-order valence-corrected chi connectivity index (χ1v) is 9.49. The summed E-state index contributed by atoms with van der Waals surface area (Å²) >= 11 is 11.4. The standard InChI is InChI=1S/C20H20ClN3O3S/c1-11(2)8-18(25)24-20(28)22-13-5-7-17-15(10-13)23-19(27-17)12-4-6-16(26-3)14(21)9-12/h4-7,9-11H,8H2,1-3H3,(H2,22,24,25,28). The van der Waals surface area contributed by atoms with E-state index in [1.54, 1.807) is 37.4 Å². The fourth-order valence-corrected chi connectivity index (χ4v) is 3.13. The number of hydrogen-bond donors (Lipinski definition) is 2. The van der Waals surface area contributed by atoms with E-state index in [-0.39, 0.29) is 16.9 Å². The third-order valence-corrected chi connectivity index (χ3v) is 4.39. The van der Waals surface area contributed by atoms with E-state index in [9.17, 15) is 4.79 Å². The molecule has 2 N–H and O–H groups in total. The summed E-state index contributed by atoms with van der Waals surface area (Å²) in [6, 6.07) is 10.7. The van der Waals surface area contributed by atoms with Gasteiger partial charge in [0, 0.05) is 17.7 Å². The highest BCUT2D eigenvalue weighted by molar-refractivity contribution is 7.80. The molecule has 146 valence electrons. The summed E-state index contributed by atoms with van der Waals surface area (Å²) in [7, 11) is 1.56. The van der Waals surface area contributed by atoms with Crippen LogP contribution in [0.1, 0.15) is 20.3 Å². The molecule has 3 aromatic rings. The van der Waals surface area contributed by atoms with Gasteiger partial charge in [-0.05, 0) is 54.5 Å². The van der Waals surface area contributed by atoms with Crippen molar-refractivity contribution in [1.82, 2.24) is 10.3 Å². The summed E-state index contributed by atoms with van der Waals surface area (Å²) in [5, 5.41) is 6.38. The van der Waals surface area contributed by atoms with Crippen molar-refractivity contribution < 1.29 is 13.9 Å². The lowest BCUT2D eigenvalue weighted by molar-refractivity contribution is -0.120. The van der Waals surface area contributed by atoms with Crippen molar-refractivity contribution in [2.75, 3.05) is 12.4 Å². The van der Waals surface area contributed by atoms with Gasteiger partial charge in [-0.2, -0.15) is 0 Å². The molecule has 2 aromatic carbocycles. The molecule has 8 heteroatoms. The number of methoxy groups -OCH3 is 1. The third-order valence-electron chi connectivity index (χ3n) is 3.89. The number of amides is 1. The normalized spacial score (nSPS) is 10.9. The molecule has 6 nitrogen and oxygen atoms in total. The fraction of sp³-hybridized carbons (Fsp3) is 0.250. The van der Waals surface area contributed by atoms with Gasteiger partial charge in [0.25, 0.3) is 0 Å². The molecule has 1 amide bonds. The van der Waals surface area contributed by atoms with Gasteiger partial charge in [-0.15, -0.1) is 0 Å². The molecule has 0 atom stereocenters. The number of ether oxygens (including phenoxy) is 1. The minimum atomic E-state index is -0.117. The average molecular weight is 418 g/mol. The minimum absolute atomic E-state index is 0.117. The van der Waals surface area contributed by atoms with Crippen molar-refractivity contribution >= 4 is 51.6 Å². The molecule has 1 aromatic heterocycles. The van der Waals surface area contributed by atoms with E-state index in [2.05, 4.69) is 15.6 Å². The van der Waals surface area contributed by atoms with Crippen LogP contribution in [0.5, 0.6) is 5.75 Å². The van der Waals surface area contributed by atoms with Crippen LogP contribution in [0.4, 0.5) is 5.69 Å². The Labute approximate surface area is 173 Å². The summed E-state index contributed by atoms with van der Waals surface area (Å²) in [6.45, 7) is 3.95. The lowest BCUT2D eigenvalue weighted by Gasteiger charge is -2.10. The Morgan fingerprint density at radius 2 is 2.07 bits per heavy atom. The number of aromatic nitrogens is 1. The van der Waals surface area contributed by atoms with Crippen molar-refractivity contribution in [2.24, 2.45) is 5.92 Å². The van der Waals surface area contributed by atoms with Gasteiger partial charge in [-0.3, -0.25) is 4.79 Å². The number of nitrogens with zero attached hydrogens (tertiary/aromatic N) is 1. The summed E-state index contributed by atoms with van der Waals surface area (Å²) in [6.07, 6.45) is 0.415. The Kier molecular flexibility index (Phi) is 6.16. The molecule has 0 aliphatic heterocycles. The Hall–Kier alpha value is -2.64. The Bertz CT molecular complexity index is 1030. The van der Waals surface area contributed by atoms with Gasteiger partial charge in [-0.1, -0.05) is 25.4 Å². The number of benzene rings is 2. The lowest BCUT2D eigenvalue weighted by atomic mass is 10.1. The summed E-state index contributed by atoms with van der Waals surface area (Å²) in [4.78, 5) is 16.3. The zero-order chi connectivity index (χ0) is 20.3. The van der Waals surface area contributed by atoms with Crippen LogP contribution in [0, 0.1) is 5.92 Å². The number of fused-ring (bicyclic) bond motifs is 1. The largest absolute Gasteiger partial charge is 0.495 e. The number of thiocarbonyl (C=S) groups is 1. The molecule has 3 rings (SSSR count). The topological polar surface area (TPSA) is 76.4 Å². The van der Waals surface area contributed by atoms with Crippen LogP contribution in [0.15, 0.2) is 40.8 Å². The minimum Gasteiger partial charge on any atom is -0.495 e. The van der Waals surface area contributed by atoms with E-state index in [1.807, 2.05) is 19.9 Å². The molecular weight excluding hydrogens is 398 g/mol. The molecule has 0 saturated heterocycles. The molecule has 0 unspecified atom stereocenters. The Balaban J connectivity index is 1.76. The number of halogens is 1. The highest BCUT2D eigenvalue weighted by Gasteiger charge is 2.12. The second-order valence-electron chi connectivity index (χ2n) is 6.65.